The maximum Gasteiger partial charge on any atom is 0.238 e. The first-order chi connectivity index (χ1) is 8.46. The summed E-state index contributed by atoms with van der Waals surface area (Å²) >= 11 is 0. The molecule has 0 aliphatic carbocycles. The summed E-state index contributed by atoms with van der Waals surface area (Å²) in [5.41, 5.74) is 7.07. The van der Waals surface area contributed by atoms with Crippen LogP contribution in [0, 0.1) is 0 Å². The largest absolute Gasteiger partial charge is 0.350 e. The van der Waals surface area contributed by atoms with Crippen molar-refractivity contribution in [3.05, 3.63) is 30.1 Å². The van der Waals surface area contributed by atoms with Crippen LogP contribution in [0.4, 0.5) is 0 Å². The number of aromatic nitrogens is 1. The molecule has 98 valence electrons. The van der Waals surface area contributed by atoms with Gasteiger partial charge >= 0.3 is 0 Å². The number of carbonyl (C=O) groups excluding carboxylic acids is 1. The second-order valence-electron chi connectivity index (χ2n) is 5.66. The Morgan fingerprint density at radius 2 is 2.22 bits per heavy atom. The summed E-state index contributed by atoms with van der Waals surface area (Å²) in [7, 11) is 0. The zero-order valence-electron chi connectivity index (χ0n) is 11.0. The fraction of sp³-hybridized carbons (Fsp3) is 0.538. The lowest BCUT2D eigenvalue weighted by Gasteiger charge is -2.22. The number of carbonyl (C=O) groups is 1. The van der Waals surface area contributed by atoms with Crippen LogP contribution in [0.15, 0.2) is 24.5 Å². The molecule has 2 unspecified atom stereocenters. The van der Waals surface area contributed by atoms with E-state index in [1.165, 1.54) is 0 Å². The molecule has 2 rings (SSSR count). The van der Waals surface area contributed by atoms with Crippen LogP contribution in [0.2, 0.25) is 0 Å². The molecule has 0 aromatic carbocycles. The van der Waals surface area contributed by atoms with Gasteiger partial charge in [0.15, 0.2) is 0 Å². The zero-order valence-corrected chi connectivity index (χ0v) is 11.0. The molecular formula is C13H20N4O. The lowest BCUT2D eigenvalue weighted by atomic mass is 10.0. The molecule has 0 saturated carbocycles. The van der Waals surface area contributed by atoms with Gasteiger partial charge in [0, 0.05) is 24.0 Å². The highest BCUT2D eigenvalue weighted by molar-refractivity contribution is 5.82. The van der Waals surface area contributed by atoms with E-state index in [1.54, 1.807) is 6.20 Å². The molecule has 3 N–H and O–H groups in total. The zero-order chi connectivity index (χ0) is 13.2. The van der Waals surface area contributed by atoms with Crippen molar-refractivity contribution >= 4 is 5.91 Å². The molecule has 1 saturated heterocycles. The minimum Gasteiger partial charge on any atom is -0.350 e. The smallest absolute Gasteiger partial charge is 0.238 e. The minimum atomic E-state index is -0.203. The van der Waals surface area contributed by atoms with Crippen LogP contribution in [-0.2, 0) is 4.79 Å². The maximum atomic E-state index is 12.0. The lowest BCUT2D eigenvalue weighted by Crippen LogP contribution is -2.49. The Morgan fingerprint density at radius 3 is 2.83 bits per heavy atom. The topological polar surface area (TPSA) is 66.0 Å². The van der Waals surface area contributed by atoms with Crippen molar-refractivity contribution in [3.63, 3.8) is 0 Å². The van der Waals surface area contributed by atoms with E-state index in [-0.39, 0.29) is 23.5 Å². The van der Waals surface area contributed by atoms with Crippen molar-refractivity contribution in [1.29, 1.82) is 0 Å². The van der Waals surface area contributed by atoms with Crippen molar-refractivity contribution in [3.8, 4) is 0 Å². The molecule has 5 heteroatoms. The number of pyridine rings is 1. The molecule has 0 spiro atoms. The maximum absolute atomic E-state index is 12.0. The molecule has 2 heterocycles. The average molecular weight is 248 g/mol. The molecule has 1 amide bonds. The highest BCUT2D eigenvalue weighted by atomic mass is 16.2. The van der Waals surface area contributed by atoms with E-state index in [9.17, 15) is 4.79 Å². The van der Waals surface area contributed by atoms with Gasteiger partial charge in [0.25, 0.3) is 0 Å². The third-order valence-electron chi connectivity index (χ3n) is 2.80. The van der Waals surface area contributed by atoms with E-state index in [1.807, 2.05) is 39.1 Å². The Kier molecular flexibility index (Phi) is 3.63. The molecule has 0 radical (unpaired) electrons. The summed E-state index contributed by atoms with van der Waals surface area (Å²) in [4.78, 5) is 16.1. The lowest BCUT2D eigenvalue weighted by molar-refractivity contribution is -0.124. The third-order valence-corrected chi connectivity index (χ3v) is 2.80. The van der Waals surface area contributed by atoms with Crippen LogP contribution < -0.4 is 16.2 Å². The molecule has 5 nitrogen and oxygen atoms in total. The van der Waals surface area contributed by atoms with Crippen molar-refractivity contribution in [1.82, 2.24) is 21.2 Å². The van der Waals surface area contributed by atoms with Crippen molar-refractivity contribution in [2.75, 3.05) is 0 Å². The summed E-state index contributed by atoms with van der Waals surface area (Å²) in [6.45, 7) is 5.93. The predicted molar refractivity (Wildman–Crippen MR) is 69.6 cm³/mol. The van der Waals surface area contributed by atoms with E-state index in [4.69, 9.17) is 0 Å². The molecule has 1 fully saturated rings. The average Bonchev–Trinajstić information content (AvgIpc) is 2.77. The molecule has 2 atom stereocenters. The van der Waals surface area contributed by atoms with E-state index < -0.39 is 0 Å². The van der Waals surface area contributed by atoms with Gasteiger partial charge in [-0.3, -0.25) is 9.78 Å². The number of nitrogens with zero attached hydrogens (tertiary/aromatic N) is 1. The van der Waals surface area contributed by atoms with Gasteiger partial charge in [0.2, 0.25) is 5.91 Å². The van der Waals surface area contributed by atoms with Crippen LogP contribution in [0.5, 0.6) is 0 Å². The van der Waals surface area contributed by atoms with Crippen LogP contribution in [0.1, 0.15) is 38.8 Å². The van der Waals surface area contributed by atoms with Crippen LogP contribution in [0.25, 0.3) is 0 Å². The van der Waals surface area contributed by atoms with Gasteiger partial charge in [0.05, 0.1) is 0 Å². The summed E-state index contributed by atoms with van der Waals surface area (Å²) in [6, 6.07) is 3.85. The normalized spacial score (nSPS) is 23.9. The predicted octanol–water partition coefficient (Wildman–Crippen LogP) is 0.904. The highest BCUT2D eigenvalue weighted by Gasteiger charge is 2.31. The minimum absolute atomic E-state index is 0.0291. The van der Waals surface area contributed by atoms with Crippen molar-refractivity contribution in [2.45, 2.75) is 44.8 Å². The Balaban J connectivity index is 1.95. The van der Waals surface area contributed by atoms with Gasteiger partial charge in [-0.2, -0.15) is 0 Å². The van der Waals surface area contributed by atoms with Gasteiger partial charge in [-0.15, -0.1) is 0 Å². The van der Waals surface area contributed by atoms with E-state index in [0.29, 0.717) is 0 Å². The summed E-state index contributed by atoms with van der Waals surface area (Å²) in [5.74, 6) is 0.0291. The van der Waals surface area contributed by atoms with Crippen LogP contribution in [0.3, 0.4) is 0 Å². The SMILES string of the molecule is CC(C)(C)NC(=O)C1CC(c2cccnc2)NN1. The van der Waals surface area contributed by atoms with E-state index in [2.05, 4.69) is 21.2 Å². The molecule has 1 aromatic heterocycles. The molecule has 1 aromatic rings. The van der Waals surface area contributed by atoms with Gasteiger partial charge in [0.1, 0.15) is 6.04 Å². The fourth-order valence-corrected chi connectivity index (χ4v) is 1.99. The summed E-state index contributed by atoms with van der Waals surface area (Å²) in [5, 5.41) is 2.98. The number of amides is 1. The molecule has 1 aliphatic rings. The Bertz CT molecular complexity index is 413. The first-order valence-corrected chi connectivity index (χ1v) is 6.19. The Morgan fingerprint density at radius 1 is 1.44 bits per heavy atom. The van der Waals surface area contributed by atoms with Gasteiger partial charge in [-0.25, -0.2) is 10.9 Å². The second-order valence-corrected chi connectivity index (χ2v) is 5.66. The van der Waals surface area contributed by atoms with E-state index in [0.717, 1.165) is 12.0 Å². The first-order valence-electron chi connectivity index (χ1n) is 6.19. The van der Waals surface area contributed by atoms with Gasteiger partial charge in [-0.1, -0.05) is 6.07 Å². The summed E-state index contributed by atoms with van der Waals surface area (Å²) < 4.78 is 0. The fourth-order valence-electron chi connectivity index (χ4n) is 1.99. The Labute approximate surface area is 107 Å². The highest BCUT2D eigenvalue weighted by Crippen LogP contribution is 2.21. The molecular weight excluding hydrogens is 228 g/mol. The summed E-state index contributed by atoms with van der Waals surface area (Å²) in [6.07, 6.45) is 4.30. The van der Waals surface area contributed by atoms with Crippen LogP contribution in [-0.4, -0.2) is 22.5 Å². The second kappa shape index (κ2) is 5.04. The molecule has 0 bridgehead atoms. The van der Waals surface area contributed by atoms with Crippen molar-refractivity contribution < 1.29 is 4.79 Å². The Hall–Kier alpha value is -1.46. The van der Waals surface area contributed by atoms with Gasteiger partial charge in [-0.05, 0) is 38.8 Å². The van der Waals surface area contributed by atoms with Crippen LogP contribution >= 0.6 is 0 Å². The standard InChI is InChI=1S/C13H20N4O/c1-13(2,3)15-12(18)11-7-10(16-17-11)9-5-4-6-14-8-9/h4-6,8,10-11,16-17H,7H2,1-3H3,(H,15,18). The number of rotatable bonds is 2. The monoisotopic (exact) mass is 248 g/mol. The van der Waals surface area contributed by atoms with E-state index >= 15 is 0 Å². The molecule has 18 heavy (non-hydrogen) atoms. The van der Waals surface area contributed by atoms with Gasteiger partial charge < -0.3 is 5.32 Å². The first kappa shape index (κ1) is 13.0. The number of hydrogen-bond acceptors (Lipinski definition) is 4. The van der Waals surface area contributed by atoms with Crippen molar-refractivity contribution in [2.24, 2.45) is 0 Å². The number of hydrogen-bond donors (Lipinski definition) is 3. The third kappa shape index (κ3) is 3.27. The number of nitrogens with one attached hydrogen (secondary N) is 3. The number of hydrazine groups is 1. The molecule has 1 aliphatic heterocycles. The quantitative estimate of drug-likeness (QED) is 0.727.